The number of hydrogen-bond acceptors (Lipinski definition) is 4. The van der Waals surface area contributed by atoms with Crippen molar-refractivity contribution < 1.29 is 14.3 Å². The molecule has 3 rings (SSSR count). The number of ether oxygens (including phenoxy) is 1. The van der Waals surface area contributed by atoms with Gasteiger partial charge in [0.1, 0.15) is 10.8 Å². The van der Waals surface area contributed by atoms with Gasteiger partial charge in [0.2, 0.25) is 5.91 Å². The molecule has 1 aliphatic rings. The summed E-state index contributed by atoms with van der Waals surface area (Å²) in [5.41, 5.74) is 7.93. The molecule has 136 valence electrons. The van der Waals surface area contributed by atoms with Crippen LogP contribution in [-0.4, -0.2) is 18.4 Å². The van der Waals surface area contributed by atoms with Crippen molar-refractivity contribution in [2.24, 2.45) is 5.73 Å². The molecule has 2 amide bonds. The highest BCUT2D eigenvalue weighted by Gasteiger charge is 2.24. The molecule has 26 heavy (non-hydrogen) atoms. The second kappa shape index (κ2) is 8.19. The number of aryl methyl sites for hydroxylation is 1. The smallest absolute Gasteiger partial charge is 0.251 e. The number of hydrogen-bond donors (Lipinski definition) is 2. The van der Waals surface area contributed by atoms with Gasteiger partial charge in [-0.15, -0.1) is 11.3 Å². The van der Waals surface area contributed by atoms with Crippen molar-refractivity contribution in [1.29, 1.82) is 0 Å². The van der Waals surface area contributed by atoms with Crippen LogP contribution in [0.4, 0.5) is 5.00 Å². The number of fused-ring (bicyclic) bond motifs is 1. The summed E-state index contributed by atoms with van der Waals surface area (Å²) >= 11 is 1.46. The minimum absolute atomic E-state index is 0.278. The van der Waals surface area contributed by atoms with Gasteiger partial charge < -0.3 is 15.8 Å². The van der Waals surface area contributed by atoms with E-state index in [1.54, 1.807) is 6.08 Å². The average Bonchev–Trinajstić information content (AvgIpc) is 2.99. The molecular weight excluding hydrogens is 348 g/mol. The summed E-state index contributed by atoms with van der Waals surface area (Å²) < 4.78 is 5.40. The van der Waals surface area contributed by atoms with E-state index in [-0.39, 0.29) is 5.91 Å². The SMILES string of the molecule is CCOc1ccc(C=CC(=O)Nc2sc3c(c2C(N)=O)CCCC3)cc1. The lowest BCUT2D eigenvalue weighted by atomic mass is 9.95. The van der Waals surface area contributed by atoms with Crippen molar-refractivity contribution >= 4 is 34.2 Å². The zero-order valence-corrected chi connectivity index (χ0v) is 15.5. The number of anilines is 1. The van der Waals surface area contributed by atoms with Crippen molar-refractivity contribution in [1.82, 2.24) is 0 Å². The number of nitrogens with one attached hydrogen (secondary N) is 1. The molecule has 0 saturated carbocycles. The molecule has 1 heterocycles. The summed E-state index contributed by atoms with van der Waals surface area (Å²) in [5, 5.41) is 3.38. The lowest BCUT2D eigenvalue weighted by Gasteiger charge is -2.11. The van der Waals surface area contributed by atoms with Gasteiger partial charge in [0.05, 0.1) is 12.2 Å². The molecule has 1 aromatic carbocycles. The predicted octanol–water partition coefficient (Wildman–Crippen LogP) is 3.78. The van der Waals surface area contributed by atoms with Gasteiger partial charge >= 0.3 is 0 Å². The van der Waals surface area contributed by atoms with Crippen LogP contribution >= 0.6 is 11.3 Å². The van der Waals surface area contributed by atoms with E-state index in [1.165, 1.54) is 17.4 Å². The van der Waals surface area contributed by atoms with E-state index in [4.69, 9.17) is 10.5 Å². The fourth-order valence-electron chi connectivity index (χ4n) is 3.08. The molecule has 0 bridgehead atoms. The monoisotopic (exact) mass is 370 g/mol. The molecule has 0 fully saturated rings. The van der Waals surface area contributed by atoms with Crippen molar-refractivity contribution in [3.63, 3.8) is 0 Å². The van der Waals surface area contributed by atoms with E-state index in [9.17, 15) is 9.59 Å². The lowest BCUT2D eigenvalue weighted by Crippen LogP contribution is -2.17. The summed E-state index contributed by atoms with van der Waals surface area (Å²) in [6.45, 7) is 2.55. The Kier molecular flexibility index (Phi) is 5.73. The Morgan fingerprint density at radius 3 is 2.65 bits per heavy atom. The van der Waals surface area contributed by atoms with Crippen molar-refractivity contribution in [3.8, 4) is 5.75 Å². The second-order valence-electron chi connectivity index (χ2n) is 6.10. The molecule has 1 aromatic heterocycles. The third kappa shape index (κ3) is 4.14. The Balaban J connectivity index is 1.72. The first-order valence-corrected chi connectivity index (χ1v) is 9.56. The largest absolute Gasteiger partial charge is 0.494 e. The van der Waals surface area contributed by atoms with E-state index >= 15 is 0 Å². The van der Waals surface area contributed by atoms with Gasteiger partial charge in [-0.05, 0) is 61.9 Å². The van der Waals surface area contributed by atoms with Gasteiger partial charge in [-0.2, -0.15) is 0 Å². The summed E-state index contributed by atoms with van der Waals surface area (Å²) in [4.78, 5) is 25.3. The highest BCUT2D eigenvalue weighted by molar-refractivity contribution is 7.17. The molecule has 0 aliphatic heterocycles. The van der Waals surface area contributed by atoms with Gasteiger partial charge in [-0.3, -0.25) is 9.59 Å². The molecular formula is C20H22N2O3S. The van der Waals surface area contributed by atoms with Crippen LogP contribution in [0.25, 0.3) is 6.08 Å². The van der Waals surface area contributed by atoms with Crippen LogP contribution in [0.1, 0.15) is 46.1 Å². The molecule has 5 nitrogen and oxygen atoms in total. The fraction of sp³-hybridized carbons (Fsp3) is 0.300. The van der Waals surface area contributed by atoms with E-state index in [0.29, 0.717) is 17.2 Å². The maximum Gasteiger partial charge on any atom is 0.251 e. The summed E-state index contributed by atoms with van der Waals surface area (Å²) in [7, 11) is 0. The van der Waals surface area contributed by atoms with Gasteiger partial charge in [-0.1, -0.05) is 12.1 Å². The van der Waals surface area contributed by atoms with Crippen molar-refractivity contribution in [2.75, 3.05) is 11.9 Å². The average molecular weight is 370 g/mol. The summed E-state index contributed by atoms with van der Waals surface area (Å²) in [5.74, 6) is 0.0412. The van der Waals surface area contributed by atoms with Crippen LogP contribution in [0.5, 0.6) is 5.75 Å². The topological polar surface area (TPSA) is 81.4 Å². The predicted molar refractivity (Wildman–Crippen MR) is 105 cm³/mol. The first kappa shape index (κ1) is 18.2. The number of nitrogens with two attached hydrogens (primary N) is 1. The molecule has 0 atom stereocenters. The highest BCUT2D eigenvalue weighted by Crippen LogP contribution is 2.37. The number of rotatable bonds is 6. The zero-order chi connectivity index (χ0) is 18.5. The van der Waals surface area contributed by atoms with Crippen LogP contribution in [0, 0.1) is 0 Å². The first-order valence-electron chi connectivity index (χ1n) is 8.74. The van der Waals surface area contributed by atoms with Crippen LogP contribution in [0.3, 0.4) is 0 Å². The molecule has 0 unspecified atom stereocenters. The van der Waals surface area contributed by atoms with Crippen LogP contribution < -0.4 is 15.8 Å². The lowest BCUT2D eigenvalue weighted by molar-refractivity contribution is -0.111. The van der Waals surface area contributed by atoms with Crippen LogP contribution in [0.2, 0.25) is 0 Å². The maximum absolute atomic E-state index is 12.3. The molecule has 0 spiro atoms. The van der Waals surface area contributed by atoms with Gasteiger partial charge in [0, 0.05) is 11.0 Å². The molecule has 1 aliphatic carbocycles. The normalized spacial score (nSPS) is 13.4. The van der Waals surface area contributed by atoms with Gasteiger partial charge in [0.15, 0.2) is 0 Å². The van der Waals surface area contributed by atoms with E-state index in [0.717, 1.165) is 47.4 Å². The summed E-state index contributed by atoms with van der Waals surface area (Å²) in [6.07, 6.45) is 7.13. The molecule has 0 saturated heterocycles. The van der Waals surface area contributed by atoms with Gasteiger partial charge in [0.25, 0.3) is 5.91 Å². The third-order valence-corrected chi connectivity index (χ3v) is 5.48. The molecule has 3 N–H and O–H groups in total. The first-order chi connectivity index (χ1) is 12.6. The number of benzene rings is 1. The maximum atomic E-state index is 12.3. The fourth-order valence-corrected chi connectivity index (χ4v) is 4.38. The Morgan fingerprint density at radius 1 is 1.23 bits per heavy atom. The quantitative estimate of drug-likeness (QED) is 0.759. The number of carbonyl (C=O) groups is 2. The summed E-state index contributed by atoms with van der Waals surface area (Å²) in [6, 6.07) is 7.49. The number of carbonyl (C=O) groups excluding carboxylic acids is 2. The Morgan fingerprint density at radius 2 is 1.96 bits per heavy atom. The van der Waals surface area contributed by atoms with E-state index in [1.807, 2.05) is 31.2 Å². The van der Waals surface area contributed by atoms with E-state index in [2.05, 4.69) is 5.32 Å². The molecule has 2 aromatic rings. The number of primary amides is 1. The number of amides is 2. The second-order valence-corrected chi connectivity index (χ2v) is 7.21. The Bertz CT molecular complexity index is 837. The molecule has 6 heteroatoms. The minimum Gasteiger partial charge on any atom is -0.494 e. The van der Waals surface area contributed by atoms with E-state index < -0.39 is 5.91 Å². The van der Waals surface area contributed by atoms with Crippen molar-refractivity contribution in [2.45, 2.75) is 32.6 Å². The van der Waals surface area contributed by atoms with Crippen LogP contribution in [-0.2, 0) is 17.6 Å². The zero-order valence-electron chi connectivity index (χ0n) is 14.7. The van der Waals surface area contributed by atoms with Crippen molar-refractivity contribution in [3.05, 3.63) is 51.9 Å². The highest BCUT2D eigenvalue weighted by atomic mass is 32.1. The van der Waals surface area contributed by atoms with Crippen LogP contribution in [0.15, 0.2) is 30.3 Å². The minimum atomic E-state index is -0.477. The Hall–Kier alpha value is -2.60. The third-order valence-electron chi connectivity index (χ3n) is 4.27. The van der Waals surface area contributed by atoms with Gasteiger partial charge in [-0.25, -0.2) is 0 Å². The number of thiophene rings is 1. The Labute approximate surface area is 156 Å². The molecule has 0 radical (unpaired) electrons. The standard InChI is InChI=1S/C20H22N2O3S/c1-2-25-14-10-7-13(8-11-14)9-12-17(23)22-20-18(19(21)24)15-5-3-4-6-16(15)26-20/h7-12H,2-6H2,1H3,(H2,21,24)(H,22,23).